The number of esters is 1. The average Bonchev–Trinajstić information content (AvgIpc) is 2.99. The number of nitrogens with one attached hydrogen (secondary N) is 1. The summed E-state index contributed by atoms with van der Waals surface area (Å²) in [5.41, 5.74) is 0.729. The van der Waals surface area contributed by atoms with Crippen LogP contribution in [0.4, 0.5) is 0 Å². The molecule has 1 heterocycles. The van der Waals surface area contributed by atoms with E-state index in [9.17, 15) is 4.79 Å². The molecule has 0 amide bonds. The summed E-state index contributed by atoms with van der Waals surface area (Å²) >= 11 is 0. The molecule has 24 heavy (non-hydrogen) atoms. The Kier molecular flexibility index (Phi) is 7.21. The van der Waals surface area contributed by atoms with E-state index in [2.05, 4.69) is 17.4 Å². The molecule has 5 heteroatoms. The molecular formula is C19H29NO4. The largest absolute Gasteiger partial charge is 0.459 e. The summed E-state index contributed by atoms with van der Waals surface area (Å²) in [7, 11) is 0. The van der Waals surface area contributed by atoms with E-state index in [0.29, 0.717) is 32.8 Å². The number of hydrogen-bond donors (Lipinski definition) is 1. The van der Waals surface area contributed by atoms with Crippen LogP contribution in [0.25, 0.3) is 0 Å². The summed E-state index contributed by atoms with van der Waals surface area (Å²) < 4.78 is 16.8. The molecule has 2 rings (SSSR count). The molecule has 0 bridgehead atoms. The summed E-state index contributed by atoms with van der Waals surface area (Å²) in [6.07, 6.45) is 1.58. The minimum atomic E-state index is -0.451. The second-order valence-electron chi connectivity index (χ2n) is 7.11. The molecule has 1 aromatic carbocycles. The molecule has 1 N–H and O–H groups in total. The molecule has 0 aromatic heterocycles. The van der Waals surface area contributed by atoms with Crippen molar-refractivity contribution in [3.63, 3.8) is 0 Å². The molecule has 2 unspecified atom stereocenters. The Morgan fingerprint density at radius 1 is 1.21 bits per heavy atom. The lowest BCUT2D eigenvalue weighted by atomic mass is 10.1. The Bertz CT molecular complexity index is 498. The summed E-state index contributed by atoms with van der Waals surface area (Å²) in [6, 6.07) is 9.86. The second-order valence-corrected chi connectivity index (χ2v) is 7.11. The number of hydrogen-bond acceptors (Lipinski definition) is 5. The Balaban J connectivity index is 1.53. The van der Waals surface area contributed by atoms with Gasteiger partial charge in [0.1, 0.15) is 11.6 Å². The maximum atomic E-state index is 12.0. The lowest BCUT2D eigenvalue weighted by molar-refractivity contribution is -0.157. The van der Waals surface area contributed by atoms with Gasteiger partial charge in [-0.25, -0.2) is 0 Å². The molecule has 0 radical (unpaired) electrons. The third-order valence-electron chi connectivity index (χ3n) is 3.68. The SMILES string of the molecule is CC(C)(C)OC(=O)C1CC(OCCCOCc2ccccc2)CN1. The fourth-order valence-corrected chi connectivity index (χ4v) is 2.56. The van der Waals surface area contributed by atoms with Gasteiger partial charge >= 0.3 is 5.97 Å². The van der Waals surface area contributed by atoms with Crippen molar-refractivity contribution in [1.29, 1.82) is 0 Å². The highest BCUT2D eigenvalue weighted by molar-refractivity contribution is 5.76. The van der Waals surface area contributed by atoms with Crippen LogP contribution in [0.15, 0.2) is 30.3 Å². The lowest BCUT2D eigenvalue weighted by Gasteiger charge is -2.22. The first-order chi connectivity index (χ1) is 11.4. The van der Waals surface area contributed by atoms with Gasteiger partial charge in [0.25, 0.3) is 0 Å². The van der Waals surface area contributed by atoms with E-state index >= 15 is 0 Å². The van der Waals surface area contributed by atoms with Crippen molar-refractivity contribution in [2.75, 3.05) is 19.8 Å². The van der Waals surface area contributed by atoms with Gasteiger partial charge in [0.15, 0.2) is 0 Å². The van der Waals surface area contributed by atoms with Crippen LogP contribution < -0.4 is 5.32 Å². The Morgan fingerprint density at radius 3 is 2.67 bits per heavy atom. The zero-order valence-electron chi connectivity index (χ0n) is 14.9. The molecule has 0 saturated carbocycles. The quantitative estimate of drug-likeness (QED) is 0.585. The number of rotatable bonds is 8. The molecule has 134 valence electrons. The predicted molar refractivity (Wildman–Crippen MR) is 92.7 cm³/mol. The lowest BCUT2D eigenvalue weighted by Crippen LogP contribution is -2.37. The van der Waals surface area contributed by atoms with Crippen molar-refractivity contribution in [1.82, 2.24) is 5.32 Å². The van der Waals surface area contributed by atoms with E-state index in [1.807, 2.05) is 39.0 Å². The minimum absolute atomic E-state index is 0.0663. The van der Waals surface area contributed by atoms with Gasteiger partial charge in [-0.15, -0.1) is 0 Å². The van der Waals surface area contributed by atoms with Crippen LogP contribution >= 0.6 is 0 Å². The fraction of sp³-hybridized carbons (Fsp3) is 0.632. The summed E-state index contributed by atoms with van der Waals surface area (Å²) in [5.74, 6) is -0.195. The standard InChI is InChI=1S/C19H29NO4/c1-19(2,3)24-18(21)17-12-16(13-20-17)23-11-7-10-22-14-15-8-5-4-6-9-15/h4-6,8-9,16-17,20H,7,10-14H2,1-3H3. The molecular weight excluding hydrogens is 306 g/mol. The topological polar surface area (TPSA) is 56.8 Å². The van der Waals surface area contributed by atoms with Crippen molar-refractivity contribution in [2.45, 2.75) is 58.0 Å². The summed E-state index contributed by atoms with van der Waals surface area (Å²) in [4.78, 5) is 12.0. The third-order valence-corrected chi connectivity index (χ3v) is 3.68. The highest BCUT2D eigenvalue weighted by Gasteiger charge is 2.32. The van der Waals surface area contributed by atoms with Gasteiger partial charge in [-0.1, -0.05) is 30.3 Å². The van der Waals surface area contributed by atoms with Gasteiger partial charge < -0.3 is 19.5 Å². The fourth-order valence-electron chi connectivity index (χ4n) is 2.56. The van der Waals surface area contributed by atoms with E-state index in [1.165, 1.54) is 5.56 Å². The Labute approximate surface area is 144 Å². The Hall–Kier alpha value is -1.43. The molecule has 1 aromatic rings. The number of carbonyl (C=O) groups excluding carboxylic acids is 1. The normalized spacial score (nSPS) is 21.0. The van der Waals surface area contributed by atoms with Crippen LogP contribution in [0.2, 0.25) is 0 Å². The molecule has 1 fully saturated rings. The first-order valence-electron chi connectivity index (χ1n) is 8.63. The van der Waals surface area contributed by atoms with E-state index in [1.54, 1.807) is 0 Å². The molecule has 5 nitrogen and oxygen atoms in total. The molecule has 1 saturated heterocycles. The average molecular weight is 335 g/mol. The van der Waals surface area contributed by atoms with Crippen LogP contribution in [0.5, 0.6) is 0 Å². The minimum Gasteiger partial charge on any atom is -0.459 e. The predicted octanol–water partition coefficient (Wildman–Crippen LogP) is 2.68. The zero-order chi connectivity index (χ0) is 17.4. The van der Waals surface area contributed by atoms with Crippen molar-refractivity contribution in [2.24, 2.45) is 0 Å². The molecule has 1 aliphatic rings. The highest BCUT2D eigenvalue weighted by Crippen LogP contribution is 2.16. The van der Waals surface area contributed by atoms with Gasteiger partial charge in [0, 0.05) is 26.2 Å². The van der Waals surface area contributed by atoms with Crippen molar-refractivity contribution < 1.29 is 19.0 Å². The van der Waals surface area contributed by atoms with Crippen LogP contribution in [0.3, 0.4) is 0 Å². The van der Waals surface area contributed by atoms with Crippen LogP contribution in [-0.4, -0.2) is 43.5 Å². The van der Waals surface area contributed by atoms with E-state index in [0.717, 1.165) is 6.42 Å². The first kappa shape index (κ1) is 18.9. The zero-order valence-corrected chi connectivity index (χ0v) is 14.9. The third kappa shape index (κ3) is 6.99. The van der Waals surface area contributed by atoms with Gasteiger partial charge in [-0.05, 0) is 32.8 Å². The van der Waals surface area contributed by atoms with Crippen molar-refractivity contribution >= 4 is 5.97 Å². The summed E-state index contributed by atoms with van der Waals surface area (Å²) in [5, 5.41) is 3.17. The van der Waals surface area contributed by atoms with E-state index < -0.39 is 5.60 Å². The Morgan fingerprint density at radius 2 is 1.96 bits per heavy atom. The first-order valence-corrected chi connectivity index (χ1v) is 8.63. The van der Waals surface area contributed by atoms with E-state index in [-0.39, 0.29) is 18.1 Å². The van der Waals surface area contributed by atoms with E-state index in [4.69, 9.17) is 14.2 Å². The molecule has 0 aliphatic carbocycles. The molecule has 1 aliphatic heterocycles. The summed E-state index contributed by atoms with van der Waals surface area (Å²) in [6.45, 7) is 8.27. The maximum absolute atomic E-state index is 12.0. The maximum Gasteiger partial charge on any atom is 0.323 e. The molecule has 2 atom stereocenters. The number of ether oxygens (including phenoxy) is 3. The molecule has 0 spiro atoms. The van der Waals surface area contributed by atoms with Crippen molar-refractivity contribution in [3.8, 4) is 0 Å². The van der Waals surface area contributed by atoms with Gasteiger partial charge in [-0.2, -0.15) is 0 Å². The monoisotopic (exact) mass is 335 g/mol. The van der Waals surface area contributed by atoms with Crippen LogP contribution in [0, 0.1) is 0 Å². The highest BCUT2D eigenvalue weighted by atomic mass is 16.6. The number of carbonyl (C=O) groups is 1. The second kappa shape index (κ2) is 9.16. The van der Waals surface area contributed by atoms with Gasteiger partial charge in [0.05, 0.1) is 12.7 Å². The van der Waals surface area contributed by atoms with Gasteiger partial charge in [-0.3, -0.25) is 4.79 Å². The van der Waals surface area contributed by atoms with Crippen LogP contribution in [-0.2, 0) is 25.6 Å². The van der Waals surface area contributed by atoms with Crippen molar-refractivity contribution in [3.05, 3.63) is 35.9 Å². The van der Waals surface area contributed by atoms with Gasteiger partial charge in [0.2, 0.25) is 0 Å². The smallest absolute Gasteiger partial charge is 0.323 e. The number of benzene rings is 1. The van der Waals surface area contributed by atoms with Crippen LogP contribution in [0.1, 0.15) is 39.2 Å².